The van der Waals surface area contributed by atoms with Gasteiger partial charge in [0.1, 0.15) is 0 Å². The Morgan fingerprint density at radius 3 is 2.50 bits per heavy atom. The third kappa shape index (κ3) is 1.94. The normalized spacial score (nSPS) is 32.7. The molecule has 2 N–H and O–H groups in total. The van der Waals surface area contributed by atoms with Crippen LogP contribution in [0.3, 0.4) is 0 Å². The molecule has 2 heteroatoms. The van der Waals surface area contributed by atoms with Gasteiger partial charge < -0.3 is 10.6 Å². The quantitative estimate of drug-likeness (QED) is 0.794. The number of benzene rings is 1. The highest BCUT2D eigenvalue weighted by molar-refractivity contribution is 5.51. The van der Waals surface area contributed by atoms with Crippen LogP contribution >= 0.6 is 0 Å². The smallest absolute Gasteiger partial charge is 0.0372 e. The third-order valence-corrected chi connectivity index (χ3v) is 3.98. The van der Waals surface area contributed by atoms with Gasteiger partial charge in [-0.2, -0.15) is 0 Å². The number of hydrogen-bond donors (Lipinski definition) is 2. The summed E-state index contributed by atoms with van der Waals surface area (Å²) >= 11 is 0. The molecule has 1 aromatic rings. The number of aryl methyl sites for hydroxylation is 1. The maximum atomic E-state index is 3.71. The van der Waals surface area contributed by atoms with Crippen LogP contribution in [0, 0.1) is 6.92 Å². The minimum atomic E-state index is 0.667. The van der Waals surface area contributed by atoms with Gasteiger partial charge in [0.05, 0.1) is 0 Å². The lowest BCUT2D eigenvalue weighted by molar-refractivity contribution is 0.378. The van der Waals surface area contributed by atoms with Crippen molar-refractivity contribution in [3.8, 4) is 0 Å². The summed E-state index contributed by atoms with van der Waals surface area (Å²) in [7, 11) is 0. The molecule has 2 aliphatic heterocycles. The van der Waals surface area contributed by atoms with Crippen molar-refractivity contribution in [2.75, 3.05) is 5.32 Å². The summed E-state index contributed by atoms with van der Waals surface area (Å²) in [5.74, 6) is 0. The minimum absolute atomic E-state index is 0.667. The summed E-state index contributed by atoms with van der Waals surface area (Å²) in [6.45, 7) is 2.18. The molecule has 2 nitrogen and oxygen atoms in total. The molecule has 2 atom stereocenters. The predicted octanol–water partition coefficient (Wildman–Crippen LogP) is 2.69. The minimum Gasteiger partial charge on any atom is -0.382 e. The first-order chi connectivity index (χ1) is 7.81. The van der Waals surface area contributed by atoms with Crippen LogP contribution in [0.25, 0.3) is 0 Å². The zero-order valence-electron chi connectivity index (χ0n) is 9.87. The van der Waals surface area contributed by atoms with Crippen molar-refractivity contribution in [2.45, 2.75) is 50.7 Å². The maximum Gasteiger partial charge on any atom is 0.0372 e. The standard InChI is InChI=1S/C14H20N2/c1-10-4-2-3-5-14(10)16-13-8-11-6-7-12(9-13)15-11/h2-5,11-13,15-16H,6-9H2,1H3. The molecular weight excluding hydrogens is 196 g/mol. The fourth-order valence-electron chi connectivity index (χ4n) is 3.13. The lowest BCUT2D eigenvalue weighted by Gasteiger charge is -2.30. The number of para-hydroxylation sites is 1. The van der Waals surface area contributed by atoms with Crippen molar-refractivity contribution in [3.05, 3.63) is 29.8 Å². The molecule has 0 spiro atoms. The van der Waals surface area contributed by atoms with E-state index in [1.165, 1.54) is 36.9 Å². The monoisotopic (exact) mass is 216 g/mol. The molecule has 2 aliphatic rings. The van der Waals surface area contributed by atoms with E-state index in [0.717, 1.165) is 12.1 Å². The first kappa shape index (κ1) is 10.2. The van der Waals surface area contributed by atoms with Gasteiger partial charge in [-0.05, 0) is 44.2 Å². The number of anilines is 1. The molecule has 2 saturated heterocycles. The Morgan fingerprint density at radius 2 is 1.81 bits per heavy atom. The van der Waals surface area contributed by atoms with Crippen molar-refractivity contribution in [1.29, 1.82) is 0 Å². The summed E-state index contributed by atoms with van der Waals surface area (Å²) < 4.78 is 0. The lowest BCUT2D eigenvalue weighted by Crippen LogP contribution is -2.43. The fraction of sp³-hybridized carbons (Fsp3) is 0.571. The Kier molecular flexibility index (Phi) is 2.60. The van der Waals surface area contributed by atoms with E-state index in [9.17, 15) is 0 Å². The van der Waals surface area contributed by atoms with Gasteiger partial charge in [0.2, 0.25) is 0 Å². The summed E-state index contributed by atoms with van der Waals surface area (Å²) in [5.41, 5.74) is 2.67. The Morgan fingerprint density at radius 1 is 1.12 bits per heavy atom. The predicted molar refractivity (Wildman–Crippen MR) is 67.8 cm³/mol. The van der Waals surface area contributed by atoms with Crippen LogP contribution in [0.5, 0.6) is 0 Å². The van der Waals surface area contributed by atoms with E-state index in [-0.39, 0.29) is 0 Å². The van der Waals surface area contributed by atoms with Gasteiger partial charge in [0.15, 0.2) is 0 Å². The zero-order valence-corrected chi connectivity index (χ0v) is 9.87. The molecular formula is C14H20N2. The largest absolute Gasteiger partial charge is 0.382 e. The number of nitrogens with one attached hydrogen (secondary N) is 2. The summed E-state index contributed by atoms with van der Waals surface area (Å²) in [5, 5.41) is 7.39. The molecule has 16 heavy (non-hydrogen) atoms. The van der Waals surface area contributed by atoms with Crippen LogP contribution < -0.4 is 10.6 Å². The molecule has 2 fully saturated rings. The molecule has 0 aromatic heterocycles. The lowest BCUT2D eigenvalue weighted by atomic mass is 9.99. The Hall–Kier alpha value is -1.02. The fourth-order valence-corrected chi connectivity index (χ4v) is 3.13. The van der Waals surface area contributed by atoms with E-state index in [1.807, 2.05) is 0 Å². The van der Waals surface area contributed by atoms with Gasteiger partial charge >= 0.3 is 0 Å². The molecule has 3 rings (SSSR count). The average molecular weight is 216 g/mol. The molecule has 0 amide bonds. The highest BCUT2D eigenvalue weighted by Crippen LogP contribution is 2.29. The van der Waals surface area contributed by atoms with Crippen LogP contribution in [0.15, 0.2) is 24.3 Å². The molecule has 86 valence electrons. The van der Waals surface area contributed by atoms with Gasteiger partial charge in [-0.3, -0.25) is 0 Å². The molecule has 2 heterocycles. The van der Waals surface area contributed by atoms with Crippen LogP contribution in [-0.4, -0.2) is 18.1 Å². The topological polar surface area (TPSA) is 24.1 Å². The van der Waals surface area contributed by atoms with Crippen LogP contribution in [0.1, 0.15) is 31.2 Å². The van der Waals surface area contributed by atoms with Crippen LogP contribution in [0.4, 0.5) is 5.69 Å². The Bertz CT molecular complexity index is 363. The highest BCUT2D eigenvalue weighted by atomic mass is 15.0. The van der Waals surface area contributed by atoms with Crippen LogP contribution in [0.2, 0.25) is 0 Å². The summed E-state index contributed by atoms with van der Waals surface area (Å²) in [6, 6.07) is 10.8. The Balaban J connectivity index is 1.69. The Labute approximate surface area is 97.4 Å². The zero-order chi connectivity index (χ0) is 11.0. The highest BCUT2D eigenvalue weighted by Gasteiger charge is 2.33. The first-order valence-electron chi connectivity index (χ1n) is 6.39. The number of piperidine rings is 1. The number of hydrogen-bond acceptors (Lipinski definition) is 2. The third-order valence-electron chi connectivity index (χ3n) is 3.98. The van der Waals surface area contributed by atoms with Crippen molar-refractivity contribution >= 4 is 5.69 Å². The SMILES string of the molecule is Cc1ccccc1NC1CC2CCC(C1)N2. The van der Waals surface area contributed by atoms with E-state index in [0.29, 0.717) is 6.04 Å². The summed E-state index contributed by atoms with van der Waals surface area (Å²) in [4.78, 5) is 0. The van der Waals surface area contributed by atoms with Crippen molar-refractivity contribution in [3.63, 3.8) is 0 Å². The number of rotatable bonds is 2. The van der Waals surface area contributed by atoms with Gasteiger partial charge in [-0.15, -0.1) is 0 Å². The number of fused-ring (bicyclic) bond motifs is 2. The van der Waals surface area contributed by atoms with Gasteiger partial charge in [0, 0.05) is 23.8 Å². The van der Waals surface area contributed by atoms with E-state index < -0.39 is 0 Å². The molecule has 0 aliphatic carbocycles. The van der Waals surface area contributed by atoms with E-state index >= 15 is 0 Å². The van der Waals surface area contributed by atoms with Crippen molar-refractivity contribution in [2.24, 2.45) is 0 Å². The van der Waals surface area contributed by atoms with Gasteiger partial charge in [-0.25, -0.2) is 0 Å². The molecule has 2 bridgehead atoms. The summed E-state index contributed by atoms with van der Waals surface area (Å²) in [6.07, 6.45) is 5.31. The van der Waals surface area contributed by atoms with E-state index in [2.05, 4.69) is 41.8 Å². The first-order valence-corrected chi connectivity index (χ1v) is 6.39. The maximum absolute atomic E-state index is 3.71. The second kappa shape index (κ2) is 4.10. The second-order valence-electron chi connectivity index (χ2n) is 5.27. The van der Waals surface area contributed by atoms with Crippen molar-refractivity contribution < 1.29 is 0 Å². The van der Waals surface area contributed by atoms with E-state index in [4.69, 9.17) is 0 Å². The van der Waals surface area contributed by atoms with Crippen molar-refractivity contribution in [1.82, 2.24) is 5.32 Å². The molecule has 0 radical (unpaired) electrons. The van der Waals surface area contributed by atoms with Gasteiger partial charge in [0.25, 0.3) is 0 Å². The van der Waals surface area contributed by atoms with Crippen LogP contribution in [-0.2, 0) is 0 Å². The molecule has 0 saturated carbocycles. The molecule has 2 unspecified atom stereocenters. The van der Waals surface area contributed by atoms with E-state index in [1.54, 1.807) is 0 Å². The van der Waals surface area contributed by atoms with Gasteiger partial charge in [-0.1, -0.05) is 18.2 Å². The average Bonchev–Trinajstić information content (AvgIpc) is 2.62. The second-order valence-corrected chi connectivity index (χ2v) is 5.27. The molecule has 1 aromatic carbocycles.